The van der Waals surface area contributed by atoms with Crippen molar-refractivity contribution in [2.75, 3.05) is 16.4 Å². The van der Waals surface area contributed by atoms with Gasteiger partial charge in [-0.2, -0.15) is 4.99 Å². The van der Waals surface area contributed by atoms with Crippen LogP contribution in [0.5, 0.6) is 5.75 Å². The van der Waals surface area contributed by atoms with E-state index >= 15 is 0 Å². The Labute approximate surface area is 207 Å². The molecule has 2 atom stereocenters. The molecule has 2 unspecified atom stereocenters. The number of carbonyl (C=O) groups excluding carboxylic acids is 1. The zero-order valence-electron chi connectivity index (χ0n) is 18.7. The van der Waals surface area contributed by atoms with Gasteiger partial charge in [0.2, 0.25) is 0 Å². The maximum Gasteiger partial charge on any atom is 0.252 e. The molecular weight excluding hydrogens is 487 g/mol. The van der Waals surface area contributed by atoms with Gasteiger partial charge in [-0.1, -0.05) is 54.2 Å². The first kappa shape index (κ1) is 23.6. The average molecular weight is 511 g/mol. The van der Waals surface area contributed by atoms with Crippen molar-refractivity contribution in [3.63, 3.8) is 0 Å². The molecule has 2 aliphatic heterocycles. The number of hydrogen-bond donors (Lipinski definition) is 0. The van der Waals surface area contributed by atoms with Gasteiger partial charge >= 0.3 is 0 Å². The number of carbonyl (C=O) groups is 1. The number of aliphatic imine (C=N–C) groups is 1. The van der Waals surface area contributed by atoms with Gasteiger partial charge in [0.1, 0.15) is 18.2 Å². The minimum absolute atomic E-state index is 0.0160. The Balaban J connectivity index is 1.35. The molecule has 2 fully saturated rings. The molecule has 2 heterocycles. The molecular formula is C26H23FN2O4S2. The van der Waals surface area contributed by atoms with Gasteiger partial charge in [0.15, 0.2) is 15.0 Å². The van der Waals surface area contributed by atoms with E-state index in [0.717, 1.165) is 11.3 Å². The fourth-order valence-electron chi connectivity index (χ4n) is 4.23. The number of nitrogens with zero attached hydrogens (tertiary/aromatic N) is 2. The van der Waals surface area contributed by atoms with Crippen molar-refractivity contribution in [1.82, 2.24) is 0 Å². The average Bonchev–Trinajstić information content (AvgIpc) is 3.30. The normalized spacial score (nSPS) is 21.7. The molecule has 1 amide bonds. The molecule has 9 heteroatoms. The summed E-state index contributed by atoms with van der Waals surface area (Å²) in [5.74, 6) is 0.0284. The van der Waals surface area contributed by atoms with Crippen LogP contribution in [0.2, 0.25) is 0 Å². The van der Waals surface area contributed by atoms with Gasteiger partial charge in [-0.3, -0.25) is 4.79 Å². The van der Waals surface area contributed by atoms with E-state index in [2.05, 4.69) is 4.99 Å². The van der Waals surface area contributed by atoms with Crippen LogP contribution in [-0.2, 0) is 27.7 Å². The minimum atomic E-state index is -3.16. The summed E-state index contributed by atoms with van der Waals surface area (Å²) in [5.41, 5.74) is 2.47. The second-order valence-electron chi connectivity index (χ2n) is 8.53. The summed E-state index contributed by atoms with van der Waals surface area (Å²) in [4.78, 5) is 18.9. The van der Waals surface area contributed by atoms with Gasteiger partial charge in [-0.15, -0.1) is 0 Å². The summed E-state index contributed by atoms with van der Waals surface area (Å²) >= 11 is 1.32. The fraction of sp³-hybridized carbons (Fsp3) is 0.231. The highest BCUT2D eigenvalue weighted by Crippen LogP contribution is 2.41. The predicted molar refractivity (Wildman–Crippen MR) is 136 cm³/mol. The first-order chi connectivity index (χ1) is 16.9. The number of rotatable bonds is 6. The molecule has 0 aromatic heterocycles. The van der Waals surface area contributed by atoms with E-state index in [1.54, 1.807) is 12.1 Å². The van der Waals surface area contributed by atoms with Crippen LogP contribution >= 0.6 is 11.8 Å². The third kappa shape index (κ3) is 5.57. The Morgan fingerprint density at radius 2 is 1.69 bits per heavy atom. The van der Waals surface area contributed by atoms with Crippen LogP contribution in [-0.4, -0.2) is 42.3 Å². The van der Waals surface area contributed by atoms with Gasteiger partial charge in [-0.25, -0.2) is 12.8 Å². The van der Waals surface area contributed by atoms with Crippen molar-refractivity contribution in [3.05, 3.63) is 95.8 Å². The van der Waals surface area contributed by atoms with Crippen LogP contribution in [0.1, 0.15) is 11.1 Å². The molecule has 35 heavy (non-hydrogen) atoms. The fourth-order valence-corrected chi connectivity index (χ4v) is 8.16. The van der Waals surface area contributed by atoms with Crippen molar-refractivity contribution in [3.8, 4) is 5.75 Å². The molecule has 0 N–H and O–H groups in total. The Morgan fingerprint density at radius 3 is 2.40 bits per heavy atom. The maximum absolute atomic E-state index is 13.2. The second kappa shape index (κ2) is 9.83. The summed E-state index contributed by atoms with van der Waals surface area (Å²) in [6.07, 6.45) is 0.0398. The third-order valence-corrected chi connectivity index (χ3v) is 9.13. The summed E-state index contributed by atoms with van der Waals surface area (Å²) in [6.45, 7) is 0.438. The summed E-state index contributed by atoms with van der Waals surface area (Å²) < 4.78 is 43.6. The van der Waals surface area contributed by atoms with Crippen molar-refractivity contribution < 1.29 is 22.3 Å². The lowest BCUT2D eigenvalue weighted by molar-refractivity contribution is -0.117. The third-order valence-electron chi connectivity index (χ3n) is 5.92. The van der Waals surface area contributed by atoms with Crippen molar-refractivity contribution in [1.29, 1.82) is 0 Å². The van der Waals surface area contributed by atoms with Crippen molar-refractivity contribution in [2.24, 2.45) is 4.99 Å². The SMILES string of the molecule is O=C(Cc1ccc(F)cc1)N=C1SC2CS(=O)(=O)CC2N1c1ccc(OCc2ccccc2)cc1. The number of halogens is 1. The standard InChI is InChI=1S/C26H23FN2O4S2/c27-20-8-6-18(7-9-20)14-25(30)28-26-29(23-16-35(31,32)17-24(23)34-26)21-10-12-22(13-11-21)33-15-19-4-2-1-3-5-19/h1-13,23-24H,14-17H2. The number of benzene rings is 3. The number of sulfone groups is 1. The summed E-state index contributed by atoms with van der Waals surface area (Å²) in [5, 5.41) is 0.298. The lowest BCUT2D eigenvalue weighted by Gasteiger charge is -2.24. The van der Waals surface area contributed by atoms with Crippen LogP contribution in [0.4, 0.5) is 10.1 Å². The number of ether oxygens (including phenoxy) is 1. The highest BCUT2D eigenvalue weighted by Gasteiger charge is 2.49. The Kier molecular flexibility index (Phi) is 6.62. The first-order valence-electron chi connectivity index (χ1n) is 11.2. The minimum Gasteiger partial charge on any atom is -0.489 e. The molecule has 2 aliphatic rings. The maximum atomic E-state index is 13.2. The molecule has 3 aromatic rings. The lowest BCUT2D eigenvalue weighted by Crippen LogP contribution is -2.37. The highest BCUT2D eigenvalue weighted by atomic mass is 32.2. The van der Waals surface area contributed by atoms with Crippen LogP contribution < -0.4 is 9.64 Å². The second-order valence-corrected chi connectivity index (χ2v) is 11.9. The van der Waals surface area contributed by atoms with E-state index in [9.17, 15) is 17.6 Å². The smallest absolute Gasteiger partial charge is 0.252 e. The molecule has 3 aromatic carbocycles. The van der Waals surface area contributed by atoms with E-state index in [0.29, 0.717) is 23.1 Å². The molecule has 6 nitrogen and oxygen atoms in total. The molecule has 2 saturated heterocycles. The topological polar surface area (TPSA) is 76.0 Å². The Hall–Kier alpha value is -3.17. The van der Waals surface area contributed by atoms with Gasteiger partial charge in [0.05, 0.1) is 24.0 Å². The van der Waals surface area contributed by atoms with E-state index in [4.69, 9.17) is 4.74 Å². The van der Waals surface area contributed by atoms with E-state index in [-0.39, 0.29) is 40.9 Å². The molecule has 5 rings (SSSR count). The van der Waals surface area contributed by atoms with E-state index in [1.165, 1.54) is 23.9 Å². The lowest BCUT2D eigenvalue weighted by atomic mass is 10.1. The van der Waals surface area contributed by atoms with Crippen LogP contribution in [0.25, 0.3) is 0 Å². The highest BCUT2D eigenvalue weighted by molar-refractivity contribution is 8.16. The van der Waals surface area contributed by atoms with Gasteiger partial charge < -0.3 is 9.64 Å². The van der Waals surface area contributed by atoms with Gasteiger partial charge in [0.25, 0.3) is 5.91 Å². The molecule has 0 saturated carbocycles. The summed E-state index contributed by atoms with van der Waals surface area (Å²) in [6, 6.07) is 22.7. The monoisotopic (exact) mass is 510 g/mol. The van der Waals surface area contributed by atoms with Crippen molar-refractivity contribution in [2.45, 2.75) is 24.3 Å². The summed E-state index contributed by atoms with van der Waals surface area (Å²) in [7, 11) is -3.16. The van der Waals surface area contributed by atoms with E-state index in [1.807, 2.05) is 59.5 Å². The molecule has 0 spiro atoms. The van der Waals surface area contributed by atoms with Gasteiger partial charge in [0, 0.05) is 10.9 Å². The zero-order chi connectivity index (χ0) is 24.4. The number of hydrogen-bond acceptors (Lipinski definition) is 5. The molecule has 0 radical (unpaired) electrons. The number of anilines is 1. The van der Waals surface area contributed by atoms with Crippen molar-refractivity contribution >= 4 is 38.4 Å². The number of fused-ring (bicyclic) bond motifs is 1. The quantitative estimate of drug-likeness (QED) is 0.494. The number of thioether (sulfide) groups is 1. The van der Waals surface area contributed by atoms with Crippen LogP contribution in [0.15, 0.2) is 83.9 Å². The van der Waals surface area contributed by atoms with Gasteiger partial charge in [-0.05, 0) is 47.5 Å². The van der Waals surface area contributed by atoms with E-state index < -0.39 is 9.84 Å². The molecule has 180 valence electrons. The Bertz CT molecular complexity index is 1340. The zero-order valence-corrected chi connectivity index (χ0v) is 20.3. The first-order valence-corrected chi connectivity index (χ1v) is 13.9. The molecule has 0 bridgehead atoms. The number of amides is 1. The molecule has 0 aliphatic carbocycles. The number of amidine groups is 1. The Morgan fingerprint density at radius 1 is 0.971 bits per heavy atom. The van der Waals surface area contributed by atoms with Crippen LogP contribution in [0, 0.1) is 5.82 Å². The van der Waals surface area contributed by atoms with Crippen LogP contribution in [0.3, 0.4) is 0 Å². The largest absolute Gasteiger partial charge is 0.489 e. The predicted octanol–water partition coefficient (Wildman–Crippen LogP) is 4.25.